The number of carbonyl (C=O) groups is 1. The molecule has 4 heteroatoms. The van der Waals surface area contributed by atoms with Crippen LogP contribution in [0.25, 0.3) is 0 Å². The molecule has 0 aromatic carbocycles. The molecule has 1 aliphatic rings. The van der Waals surface area contributed by atoms with Crippen molar-refractivity contribution in [2.24, 2.45) is 0 Å². The molecule has 0 spiro atoms. The van der Waals surface area contributed by atoms with Crippen molar-refractivity contribution in [1.29, 1.82) is 0 Å². The Morgan fingerprint density at radius 2 is 2.54 bits per heavy atom. The van der Waals surface area contributed by atoms with E-state index in [4.69, 9.17) is 4.74 Å². The molecule has 1 aliphatic heterocycles. The highest BCUT2D eigenvalue weighted by molar-refractivity contribution is 5.77. The molecule has 1 heterocycles. The Labute approximate surface area is 77.6 Å². The van der Waals surface area contributed by atoms with Crippen LogP contribution in [-0.2, 0) is 9.53 Å². The molecule has 4 nitrogen and oxygen atoms in total. The van der Waals surface area contributed by atoms with Gasteiger partial charge in [0.05, 0.1) is 12.6 Å². The van der Waals surface area contributed by atoms with Crippen LogP contribution in [0.3, 0.4) is 0 Å². The molecule has 1 saturated heterocycles. The van der Waals surface area contributed by atoms with Crippen LogP contribution in [-0.4, -0.2) is 30.0 Å². The molecule has 2 atom stereocenters. The highest BCUT2D eigenvalue weighted by Crippen LogP contribution is 2.10. The fraction of sp³-hybridized carbons (Fsp3) is 0.667. The minimum Gasteiger partial charge on any atom is -0.366 e. The average molecular weight is 185 g/mol. The summed E-state index contributed by atoms with van der Waals surface area (Å²) in [5.41, 5.74) is 0. The number of hydrogen-bond acceptors (Lipinski definition) is 3. The van der Waals surface area contributed by atoms with Gasteiger partial charge in [0.1, 0.15) is 0 Å². The number of aliphatic hydroxyl groups excluding tert-OH is 1. The predicted molar refractivity (Wildman–Crippen MR) is 47.9 cm³/mol. The van der Waals surface area contributed by atoms with Gasteiger partial charge in [0, 0.05) is 6.42 Å². The first-order valence-corrected chi connectivity index (χ1v) is 4.44. The minimum atomic E-state index is -0.838. The van der Waals surface area contributed by atoms with Crippen molar-refractivity contribution in [2.75, 3.05) is 6.61 Å². The average Bonchev–Trinajstić information content (AvgIpc) is 2.48. The molecular formula is C9H15NO3. The van der Waals surface area contributed by atoms with Gasteiger partial charge in [-0.2, -0.15) is 0 Å². The van der Waals surface area contributed by atoms with Crippen molar-refractivity contribution in [3.05, 3.63) is 12.2 Å². The quantitative estimate of drug-likeness (QED) is 0.616. The third kappa shape index (κ3) is 3.16. The molecule has 74 valence electrons. The summed E-state index contributed by atoms with van der Waals surface area (Å²) >= 11 is 0. The molecule has 0 bridgehead atoms. The number of amides is 1. The number of ether oxygens (including phenoxy) is 1. The molecule has 0 aliphatic carbocycles. The molecule has 1 rings (SSSR count). The van der Waals surface area contributed by atoms with Crippen molar-refractivity contribution >= 4 is 5.91 Å². The Bertz CT molecular complexity index is 203. The largest absolute Gasteiger partial charge is 0.366 e. The van der Waals surface area contributed by atoms with Gasteiger partial charge in [-0.3, -0.25) is 4.79 Å². The van der Waals surface area contributed by atoms with Crippen LogP contribution >= 0.6 is 0 Å². The van der Waals surface area contributed by atoms with E-state index >= 15 is 0 Å². The summed E-state index contributed by atoms with van der Waals surface area (Å²) in [4.78, 5) is 11.2. The van der Waals surface area contributed by atoms with E-state index < -0.39 is 6.29 Å². The van der Waals surface area contributed by atoms with Gasteiger partial charge in [0.2, 0.25) is 5.91 Å². The van der Waals surface area contributed by atoms with E-state index in [1.165, 1.54) is 0 Å². The first kappa shape index (κ1) is 10.2. The number of aliphatic hydroxyl groups is 1. The van der Waals surface area contributed by atoms with E-state index in [2.05, 4.69) is 5.32 Å². The SMILES string of the molecule is C/C=C\CC(=O)N[C@H]1CCOC1O. The summed E-state index contributed by atoms with van der Waals surface area (Å²) < 4.78 is 4.89. The second-order valence-electron chi connectivity index (χ2n) is 3.00. The molecule has 1 amide bonds. The van der Waals surface area contributed by atoms with E-state index in [9.17, 15) is 9.90 Å². The highest BCUT2D eigenvalue weighted by Gasteiger charge is 2.26. The van der Waals surface area contributed by atoms with Crippen LogP contribution in [0.1, 0.15) is 19.8 Å². The van der Waals surface area contributed by atoms with E-state index in [1.807, 2.05) is 13.0 Å². The molecule has 0 saturated carbocycles. The van der Waals surface area contributed by atoms with Gasteiger partial charge < -0.3 is 15.2 Å². The van der Waals surface area contributed by atoms with Gasteiger partial charge in [-0.05, 0) is 13.3 Å². The monoisotopic (exact) mass is 185 g/mol. The Morgan fingerprint density at radius 1 is 1.77 bits per heavy atom. The van der Waals surface area contributed by atoms with E-state index in [1.54, 1.807) is 6.08 Å². The molecule has 0 aromatic heterocycles. The van der Waals surface area contributed by atoms with Crippen molar-refractivity contribution in [3.63, 3.8) is 0 Å². The first-order chi connectivity index (χ1) is 6.24. The Hall–Kier alpha value is -0.870. The first-order valence-electron chi connectivity index (χ1n) is 4.44. The lowest BCUT2D eigenvalue weighted by molar-refractivity contribution is -0.124. The minimum absolute atomic E-state index is 0.0762. The zero-order valence-electron chi connectivity index (χ0n) is 7.69. The van der Waals surface area contributed by atoms with Crippen molar-refractivity contribution in [1.82, 2.24) is 5.32 Å². The van der Waals surface area contributed by atoms with Crippen LogP contribution < -0.4 is 5.32 Å². The molecular weight excluding hydrogens is 170 g/mol. The molecule has 13 heavy (non-hydrogen) atoms. The summed E-state index contributed by atoms with van der Waals surface area (Å²) in [6.07, 6.45) is 3.80. The predicted octanol–water partition coefficient (Wildman–Crippen LogP) is 0.176. The fourth-order valence-electron chi connectivity index (χ4n) is 1.21. The zero-order chi connectivity index (χ0) is 9.68. The third-order valence-electron chi connectivity index (χ3n) is 1.95. The summed E-state index contributed by atoms with van der Waals surface area (Å²) in [5, 5.41) is 11.9. The van der Waals surface area contributed by atoms with Gasteiger partial charge in [-0.15, -0.1) is 0 Å². The molecule has 1 fully saturated rings. The topological polar surface area (TPSA) is 58.6 Å². The lowest BCUT2D eigenvalue weighted by Crippen LogP contribution is -2.40. The lowest BCUT2D eigenvalue weighted by Gasteiger charge is -2.13. The van der Waals surface area contributed by atoms with Crippen molar-refractivity contribution in [3.8, 4) is 0 Å². The summed E-state index contributed by atoms with van der Waals surface area (Å²) in [6.45, 7) is 2.37. The number of allylic oxidation sites excluding steroid dienone is 1. The summed E-state index contributed by atoms with van der Waals surface area (Å²) in [6, 6.07) is -0.238. The number of rotatable bonds is 3. The van der Waals surface area contributed by atoms with E-state index in [0.717, 1.165) is 0 Å². The molecule has 0 aromatic rings. The van der Waals surface area contributed by atoms with Gasteiger partial charge in [-0.1, -0.05) is 12.2 Å². The number of nitrogens with one attached hydrogen (secondary N) is 1. The molecule has 2 N–H and O–H groups in total. The van der Waals surface area contributed by atoms with Crippen LogP contribution in [0, 0.1) is 0 Å². The fourth-order valence-corrected chi connectivity index (χ4v) is 1.21. The van der Waals surface area contributed by atoms with Crippen LogP contribution in [0.5, 0.6) is 0 Å². The Morgan fingerprint density at radius 3 is 3.08 bits per heavy atom. The van der Waals surface area contributed by atoms with Crippen molar-refractivity contribution in [2.45, 2.75) is 32.1 Å². The molecule has 0 radical (unpaired) electrons. The second-order valence-corrected chi connectivity index (χ2v) is 3.00. The highest BCUT2D eigenvalue weighted by atomic mass is 16.6. The van der Waals surface area contributed by atoms with Crippen LogP contribution in [0.2, 0.25) is 0 Å². The van der Waals surface area contributed by atoms with E-state index in [-0.39, 0.29) is 11.9 Å². The van der Waals surface area contributed by atoms with E-state index in [0.29, 0.717) is 19.4 Å². The molecule has 1 unspecified atom stereocenters. The standard InChI is InChI=1S/C9H15NO3/c1-2-3-4-8(11)10-7-5-6-13-9(7)12/h2-3,7,9,12H,4-6H2,1H3,(H,10,11)/b3-2-/t7-,9?/m0/s1. The zero-order valence-corrected chi connectivity index (χ0v) is 7.69. The maximum absolute atomic E-state index is 11.2. The van der Waals surface area contributed by atoms with Gasteiger partial charge in [-0.25, -0.2) is 0 Å². The maximum atomic E-state index is 11.2. The number of carbonyl (C=O) groups excluding carboxylic acids is 1. The second kappa shape index (κ2) is 4.99. The maximum Gasteiger partial charge on any atom is 0.224 e. The Kier molecular flexibility index (Phi) is 3.92. The lowest BCUT2D eigenvalue weighted by atomic mass is 10.2. The van der Waals surface area contributed by atoms with Crippen molar-refractivity contribution < 1.29 is 14.6 Å². The van der Waals surface area contributed by atoms with Gasteiger partial charge in [0.15, 0.2) is 6.29 Å². The van der Waals surface area contributed by atoms with Crippen LogP contribution in [0.15, 0.2) is 12.2 Å². The smallest absolute Gasteiger partial charge is 0.224 e. The van der Waals surface area contributed by atoms with Gasteiger partial charge >= 0.3 is 0 Å². The summed E-state index contributed by atoms with van der Waals surface area (Å²) in [7, 11) is 0. The van der Waals surface area contributed by atoms with Crippen LogP contribution in [0.4, 0.5) is 0 Å². The summed E-state index contributed by atoms with van der Waals surface area (Å²) in [5.74, 6) is -0.0762. The number of hydrogen-bond donors (Lipinski definition) is 2. The Balaban J connectivity index is 2.27. The normalized spacial score (nSPS) is 28.2. The third-order valence-corrected chi connectivity index (χ3v) is 1.95. The van der Waals surface area contributed by atoms with Gasteiger partial charge in [0.25, 0.3) is 0 Å².